The summed E-state index contributed by atoms with van der Waals surface area (Å²) in [6.45, 7) is 6.33. The zero-order valence-electron chi connectivity index (χ0n) is 14.8. The zero-order valence-corrected chi connectivity index (χ0v) is 14.8. The number of likely N-dealkylation sites (tertiary alicyclic amines) is 2. The van der Waals surface area contributed by atoms with E-state index in [1.54, 1.807) is 6.26 Å². The van der Waals surface area contributed by atoms with Crippen molar-refractivity contribution in [1.82, 2.24) is 15.0 Å². The molecule has 0 N–H and O–H groups in total. The van der Waals surface area contributed by atoms with Crippen molar-refractivity contribution in [1.29, 1.82) is 0 Å². The van der Waals surface area contributed by atoms with Crippen LogP contribution in [0, 0.1) is 0 Å². The molecular weight excluding hydrogens is 314 g/mol. The van der Waals surface area contributed by atoms with Gasteiger partial charge in [0.2, 0.25) is 0 Å². The van der Waals surface area contributed by atoms with Crippen molar-refractivity contribution in [2.75, 3.05) is 32.8 Å². The molecule has 1 aromatic carbocycles. The van der Waals surface area contributed by atoms with E-state index in [0.717, 1.165) is 44.1 Å². The highest BCUT2D eigenvalue weighted by atomic mass is 16.5. The molecule has 2 aliphatic heterocycles. The number of nitrogens with zero attached hydrogens (tertiary/aromatic N) is 3. The first-order valence-corrected chi connectivity index (χ1v) is 9.47. The standard InChI is InChI=1S/C20H27N3O2/c1-2-11-22(10-1)13-15-24-18-7-5-17(6-8-18)16-23-12-3-4-20(23)19-9-14-25-21-19/h5-9,14,20H,1-4,10-13,15-16H2/t20-/m0/s1. The molecule has 2 aromatic rings. The molecule has 2 aliphatic rings. The third kappa shape index (κ3) is 4.22. The molecular formula is C20H27N3O2. The van der Waals surface area contributed by atoms with Crippen molar-refractivity contribution in [3.8, 4) is 5.75 Å². The molecule has 2 fully saturated rings. The Kier molecular flexibility index (Phi) is 5.33. The van der Waals surface area contributed by atoms with Gasteiger partial charge in [-0.1, -0.05) is 17.3 Å². The van der Waals surface area contributed by atoms with Gasteiger partial charge in [-0.05, 0) is 63.0 Å². The molecule has 1 aromatic heterocycles. The summed E-state index contributed by atoms with van der Waals surface area (Å²) < 4.78 is 10.9. The Bertz CT molecular complexity index is 635. The van der Waals surface area contributed by atoms with E-state index in [4.69, 9.17) is 9.26 Å². The number of aromatic nitrogens is 1. The summed E-state index contributed by atoms with van der Waals surface area (Å²) in [6.07, 6.45) is 6.71. The Morgan fingerprint density at radius 2 is 1.88 bits per heavy atom. The second-order valence-electron chi connectivity index (χ2n) is 7.09. The molecule has 5 nitrogen and oxygen atoms in total. The van der Waals surface area contributed by atoms with Gasteiger partial charge in [0.1, 0.15) is 24.3 Å². The maximum absolute atomic E-state index is 5.90. The van der Waals surface area contributed by atoms with Crippen LogP contribution in [-0.2, 0) is 6.54 Å². The fourth-order valence-corrected chi connectivity index (χ4v) is 3.97. The SMILES string of the molecule is c1cc([C@@H]2CCCN2Cc2ccc(OCCN3CCCC3)cc2)no1. The second-order valence-corrected chi connectivity index (χ2v) is 7.09. The van der Waals surface area contributed by atoms with Gasteiger partial charge in [0.15, 0.2) is 0 Å². The van der Waals surface area contributed by atoms with Crippen LogP contribution in [0.15, 0.2) is 41.1 Å². The van der Waals surface area contributed by atoms with Gasteiger partial charge >= 0.3 is 0 Å². The van der Waals surface area contributed by atoms with Gasteiger partial charge in [0, 0.05) is 19.2 Å². The van der Waals surface area contributed by atoms with Crippen molar-refractivity contribution in [3.63, 3.8) is 0 Å². The lowest BCUT2D eigenvalue weighted by Gasteiger charge is -2.22. The average molecular weight is 341 g/mol. The van der Waals surface area contributed by atoms with Crippen LogP contribution in [0.3, 0.4) is 0 Å². The molecule has 2 saturated heterocycles. The number of ether oxygens (including phenoxy) is 1. The van der Waals surface area contributed by atoms with Gasteiger partial charge in [0.25, 0.3) is 0 Å². The van der Waals surface area contributed by atoms with Gasteiger partial charge in [-0.2, -0.15) is 0 Å². The topological polar surface area (TPSA) is 41.7 Å². The lowest BCUT2D eigenvalue weighted by molar-refractivity contribution is 0.234. The first-order valence-electron chi connectivity index (χ1n) is 9.47. The first-order chi connectivity index (χ1) is 12.4. The summed E-state index contributed by atoms with van der Waals surface area (Å²) in [5.41, 5.74) is 2.38. The lowest BCUT2D eigenvalue weighted by atomic mass is 10.1. The second kappa shape index (κ2) is 8.02. The predicted molar refractivity (Wildman–Crippen MR) is 96.5 cm³/mol. The van der Waals surface area contributed by atoms with E-state index in [2.05, 4.69) is 39.2 Å². The van der Waals surface area contributed by atoms with Crippen LogP contribution in [0.4, 0.5) is 0 Å². The summed E-state index contributed by atoms with van der Waals surface area (Å²) in [4.78, 5) is 4.97. The van der Waals surface area contributed by atoms with Gasteiger partial charge in [-0.3, -0.25) is 9.80 Å². The van der Waals surface area contributed by atoms with Crippen LogP contribution in [0.2, 0.25) is 0 Å². The van der Waals surface area contributed by atoms with E-state index in [1.807, 2.05) is 6.07 Å². The highest BCUT2D eigenvalue weighted by molar-refractivity contribution is 5.27. The summed E-state index contributed by atoms with van der Waals surface area (Å²) in [5, 5.41) is 4.13. The minimum atomic E-state index is 0.384. The van der Waals surface area contributed by atoms with Gasteiger partial charge < -0.3 is 9.26 Å². The van der Waals surface area contributed by atoms with Crippen LogP contribution < -0.4 is 4.74 Å². The van der Waals surface area contributed by atoms with Crippen molar-refractivity contribution < 1.29 is 9.26 Å². The third-order valence-corrected chi connectivity index (χ3v) is 5.35. The Labute approximate surface area is 149 Å². The monoisotopic (exact) mass is 341 g/mol. The third-order valence-electron chi connectivity index (χ3n) is 5.35. The maximum atomic E-state index is 5.90. The van der Waals surface area contributed by atoms with E-state index in [1.165, 1.54) is 37.9 Å². The Morgan fingerprint density at radius 3 is 2.64 bits per heavy atom. The minimum absolute atomic E-state index is 0.384. The molecule has 3 heterocycles. The highest BCUT2D eigenvalue weighted by Gasteiger charge is 2.27. The molecule has 0 bridgehead atoms. The van der Waals surface area contributed by atoms with Crippen LogP contribution in [0.1, 0.15) is 43.0 Å². The summed E-state index contributed by atoms with van der Waals surface area (Å²) in [7, 11) is 0. The van der Waals surface area contributed by atoms with E-state index < -0.39 is 0 Å². The summed E-state index contributed by atoms with van der Waals surface area (Å²) in [6, 6.07) is 10.9. The van der Waals surface area contributed by atoms with Crippen LogP contribution in [0.5, 0.6) is 5.75 Å². The minimum Gasteiger partial charge on any atom is -0.492 e. The lowest BCUT2D eigenvalue weighted by Crippen LogP contribution is -2.25. The van der Waals surface area contributed by atoms with E-state index >= 15 is 0 Å². The first kappa shape index (κ1) is 16.6. The van der Waals surface area contributed by atoms with E-state index in [0.29, 0.717) is 6.04 Å². The zero-order chi connectivity index (χ0) is 16.9. The molecule has 0 saturated carbocycles. The smallest absolute Gasteiger partial charge is 0.124 e. The number of benzene rings is 1. The molecule has 0 spiro atoms. The molecule has 0 aliphatic carbocycles. The van der Waals surface area contributed by atoms with Crippen LogP contribution in [0.25, 0.3) is 0 Å². The molecule has 4 rings (SSSR count). The molecule has 0 radical (unpaired) electrons. The normalized spacial score (nSPS) is 21.8. The fraction of sp³-hybridized carbons (Fsp3) is 0.550. The molecule has 134 valence electrons. The molecule has 5 heteroatoms. The average Bonchev–Trinajstić information content (AvgIpc) is 3.39. The van der Waals surface area contributed by atoms with E-state index in [-0.39, 0.29) is 0 Å². The number of rotatable bonds is 7. The van der Waals surface area contributed by atoms with Crippen LogP contribution >= 0.6 is 0 Å². The molecule has 25 heavy (non-hydrogen) atoms. The van der Waals surface area contributed by atoms with E-state index in [9.17, 15) is 0 Å². The van der Waals surface area contributed by atoms with Crippen LogP contribution in [-0.4, -0.2) is 47.7 Å². The Morgan fingerprint density at radius 1 is 1.04 bits per heavy atom. The molecule has 0 amide bonds. The van der Waals surface area contributed by atoms with Crippen molar-refractivity contribution in [2.45, 2.75) is 38.3 Å². The number of hydrogen-bond acceptors (Lipinski definition) is 5. The predicted octanol–water partition coefficient (Wildman–Crippen LogP) is 3.49. The number of hydrogen-bond donors (Lipinski definition) is 0. The maximum Gasteiger partial charge on any atom is 0.124 e. The van der Waals surface area contributed by atoms with Crippen molar-refractivity contribution in [2.24, 2.45) is 0 Å². The highest BCUT2D eigenvalue weighted by Crippen LogP contribution is 2.32. The Hall–Kier alpha value is -1.85. The Balaban J connectivity index is 1.28. The fourth-order valence-electron chi connectivity index (χ4n) is 3.97. The van der Waals surface area contributed by atoms with Gasteiger partial charge in [0.05, 0.1) is 6.04 Å². The quantitative estimate of drug-likeness (QED) is 0.771. The van der Waals surface area contributed by atoms with Crippen molar-refractivity contribution in [3.05, 3.63) is 47.9 Å². The summed E-state index contributed by atoms with van der Waals surface area (Å²) >= 11 is 0. The van der Waals surface area contributed by atoms with Gasteiger partial charge in [-0.25, -0.2) is 0 Å². The van der Waals surface area contributed by atoms with Gasteiger partial charge in [-0.15, -0.1) is 0 Å². The largest absolute Gasteiger partial charge is 0.492 e. The van der Waals surface area contributed by atoms with Crippen molar-refractivity contribution >= 4 is 0 Å². The summed E-state index contributed by atoms with van der Waals surface area (Å²) in [5.74, 6) is 0.970. The molecule has 0 unspecified atom stereocenters. The molecule has 1 atom stereocenters.